The molecule has 12 N–H and O–H groups in total. The first-order valence-electron chi connectivity index (χ1n) is 17.1. The maximum atomic E-state index is 12.6. The average molecular weight is 790 g/mol. The monoisotopic (exact) mass is 789 g/mol. The van der Waals surface area contributed by atoms with Crippen molar-refractivity contribution in [3.05, 3.63) is 77.1 Å². The lowest BCUT2D eigenvalue weighted by Gasteiger charge is -2.41. The fourth-order valence-corrected chi connectivity index (χ4v) is 6.17. The molecule has 11 atom stereocenters. The number of rotatable bonds is 11. The Labute approximate surface area is 317 Å². The summed E-state index contributed by atoms with van der Waals surface area (Å²) in [5.41, 5.74) is 0.772. The van der Waals surface area contributed by atoms with Crippen molar-refractivity contribution in [1.82, 2.24) is 0 Å². The molecule has 0 aromatic heterocycles. The van der Waals surface area contributed by atoms with E-state index in [2.05, 4.69) is 4.74 Å². The predicted octanol–water partition coefficient (Wildman–Crippen LogP) is -0.886. The summed E-state index contributed by atoms with van der Waals surface area (Å²) in [6.07, 6.45) is -14.5. The summed E-state index contributed by atoms with van der Waals surface area (Å²) in [6.45, 7) is -1.36. The molecule has 6 rings (SSSR count). The lowest BCUT2D eigenvalue weighted by molar-refractivity contribution is -0.296. The highest BCUT2D eigenvalue weighted by atomic mass is 16.7. The topological polar surface area (TPSA) is 308 Å². The largest absolute Gasteiger partial charge is 0.571 e. The molecule has 302 valence electrons. The number of benzene rings is 3. The number of hydrogen-bond donors (Lipinski definition) is 11. The van der Waals surface area contributed by atoms with Crippen LogP contribution in [0.4, 0.5) is 0 Å². The minimum absolute atomic E-state index is 0.0543. The van der Waals surface area contributed by atoms with E-state index in [0.29, 0.717) is 5.56 Å². The molecule has 0 amide bonds. The predicted molar refractivity (Wildman–Crippen MR) is 187 cm³/mol. The van der Waals surface area contributed by atoms with Crippen LogP contribution in [0, 0.1) is 0 Å². The molecule has 1 unspecified atom stereocenters. The smallest absolute Gasteiger partial charge is 0.330 e. The van der Waals surface area contributed by atoms with Crippen molar-refractivity contribution < 1.29 is 94.1 Å². The number of ether oxygens (including phenoxy) is 7. The molecule has 19 heteroatoms. The molecule has 0 saturated carbocycles. The summed E-state index contributed by atoms with van der Waals surface area (Å²) in [6, 6.07) is 10.4. The number of aliphatic hydroxyl groups is 8. The molecule has 3 aromatic rings. The van der Waals surface area contributed by atoms with Gasteiger partial charge in [0, 0.05) is 18.2 Å². The van der Waals surface area contributed by atoms with Crippen LogP contribution in [0.25, 0.3) is 12.2 Å². The Hall–Kier alpha value is -5.35. The second-order valence-electron chi connectivity index (χ2n) is 13.0. The standard InChI is InChI=1S/C37H40O19/c1-50-24-8-15(2-5-20(24)41)3-7-28(43)51-14-27-30(45)32(47)34(49)37(56-27)54-25-12-18-22(52-35(25)16-4-6-19(40)21(42)9-16)10-17(39)11-23(18)53-36-33(48)31(46)29(44)26(13-38)55-36/h2-12,26-27,29-42,44-49H,13-14H2,1H3/p+1/t26-,27-,29-,30-,31+,32+,33-,34-,35?,36-,37-/m1/s1. The van der Waals surface area contributed by atoms with Crippen molar-refractivity contribution in [3.63, 3.8) is 0 Å². The number of methoxy groups -OCH3 is 1. The number of hydrogen-bond acceptors (Lipinski definition) is 18. The van der Waals surface area contributed by atoms with Gasteiger partial charge in [-0.3, -0.25) is 0 Å². The number of carbonyl (C=O) groups excluding carboxylic acids is 1. The van der Waals surface area contributed by atoms with Gasteiger partial charge >= 0.3 is 5.97 Å². The van der Waals surface area contributed by atoms with Gasteiger partial charge in [-0.05, 0) is 42.0 Å². The number of aliphatic hydroxyl groups excluding tert-OH is 7. The Morgan fingerprint density at radius 1 is 0.750 bits per heavy atom. The molecule has 0 bridgehead atoms. The highest BCUT2D eigenvalue weighted by Gasteiger charge is 2.48. The molecule has 0 aliphatic carbocycles. The Kier molecular flexibility index (Phi) is 12.1. The molecule has 19 nitrogen and oxygen atoms in total. The van der Waals surface area contributed by atoms with E-state index < -0.39 is 98.2 Å². The molecular weight excluding hydrogens is 748 g/mol. The van der Waals surface area contributed by atoms with Gasteiger partial charge in [-0.15, -0.1) is 0 Å². The highest BCUT2D eigenvalue weighted by Crippen LogP contribution is 2.47. The van der Waals surface area contributed by atoms with Crippen LogP contribution in [0.5, 0.6) is 40.2 Å². The number of phenols is 4. The fraction of sp³-hybridized carbons (Fsp3) is 0.378. The van der Waals surface area contributed by atoms with Gasteiger partial charge in [-0.2, -0.15) is 0 Å². The van der Waals surface area contributed by atoms with Crippen LogP contribution in [0.1, 0.15) is 22.8 Å². The van der Waals surface area contributed by atoms with Crippen molar-refractivity contribution >= 4 is 18.1 Å². The van der Waals surface area contributed by atoms with Gasteiger partial charge in [0.25, 0.3) is 11.9 Å². The summed E-state index contributed by atoms with van der Waals surface area (Å²) in [7, 11) is 1.36. The first-order valence-corrected chi connectivity index (χ1v) is 17.1. The van der Waals surface area contributed by atoms with E-state index >= 15 is 0 Å². The van der Waals surface area contributed by atoms with E-state index in [1.54, 1.807) is 0 Å². The lowest BCUT2D eigenvalue weighted by atomic mass is 9.98. The maximum Gasteiger partial charge on any atom is 0.330 e. The van der Waals surface area contributed by atoms with Crippen LogP contribution >= 0.6 is 0 Å². The third-order valence-electron chi connectivity index (χ3n) is 9.26. The Morgan fingerprint density at radius 3 is 2.09 bits per heavy atom. The molecule has 2 saturated heterocycles. The number of fused-ring (bicyclic) bond motifs is 1. The van der Waals surface area contributed by atoms with Crippen LogP contribution in [0.2, 0.25) is 0 Å². The van der Waals surface area contributed by atoms with Gasteiger partial charge < -0.3 is 89.3 Å². The van der Waals surface area contributed by atoms with Crippen molar-refractivity contribution in [2.24, 2.45) is 0 Å². The van der Waals surface area contributed by atoms with Crippen LogP contribution < -0.4 is 9.47 Å². The van der Waals surface area contributed by atoms with Crippen LogP contribution in [-0.2, 0) is 23.7 Å². The molecule has 3 aliphatic rings. The van der Waals surface area contributed by atoms with Crippen molar-refractivity contribution in [2.45, 2.75) is 67.5 Å². The van der Waals surface area contributed by atoms with Gasteiger partial charge in [-0.25, -0.2) is 4.79 Å². The first-order chi connectivity index (χ1) is 26.7. The maximum absolute atomic E-state index is 12.6. The summed E-state index contributed by atoms with van der Waals surface area (Å²) in [5, 5.41) is 114. The zero-order chi connectivity index (χ0) is 40.4. The van der Waals surface area contributed by atoms with Gasteiger partial charge in [0.05, 0.1) is 25.3 Å². The average Bonchev–Trinajstić information content (AvgIpc) is 3.18. The van der Waals surface area contributed by atoms with Crippen molar-refractivity contribution in [3.8, 4) is 40.2 Å². The zero-order valence-corrected chi connectivity index (χ0v) is 29.3. The van der Waals surface area contributed by atoms with Crippen LogP contribution in [0.3, 0.4) is 0 Å². The molecule has 0 radical (unpaired) electrons. The highest BCUT2D eigenvalue weighted by molar-refractivity contribution is 5.87. The normalized spacial score (nSPS) is 30.1. The molecule has 56 heavy (non-hydrogen) atoms. The minimum atomic E-state index is -1.90. The van der Waals surface area contributed by atoms with E-state index in [-0.39, 0.29) is 45.6 Å². The second kappa shape index (κ2) is 16.8. The van der Waals surface area contributed by atoms with Crippen LogP contribution in [-0.4, -0.2) is 149 Å². The molecule has 2 fully saturated rings. The lowest BCUT2D eigenvalue weighted by Crippen LogP contribution is -2.60. The fourth-order valence-electron chi connectivity index (χ4n) is 6.17. The van der Waals surface area contributed by atoms with Crippen molar-refractivity contribution in [2.75, 3.05) is 20.3 Å². The van der Waals surface area contributed by atoms with E-state index in [0.717, 1.165) is 12.1 Å². The number of phenolic OH excluding ortho intramolecular Hbond substituents is 4. The van der Waals surface area contributed by atoms with E-state index in [9.17, 15) is 61.0 Å². The Morgan fingerprint density at radius 2 is 1.41 bits per heavy atom. The summed E-state index contributed by atoms with van der Waals surface area (Å²) >= 11 is 0. The van der Waals surface area contributed by atoms with Gasteiger partial charge in [0.15, 0.2) is 28.8 Å². The van der Waals surface area contributed by atoms with Crippen LogP contribution in [0.15, 0.2) is 60.4 Å². The quantitative estimate of drug-likeness (QED) is 0.0486. The first kappa shape index (κ1) is 40.3. The number of aromatic hydroxyl groups is 5. The zero-order valence-electron chi connectivity index (χ0n) is 29.3. The third kappa shape index (κ3) is 8.40. The SMILES string of the molecule is COc1cc(C=CC(=O)OC[C@H]2O[C@@H](OC3=Cc4c(O[C@@H]5O[C@H](CO)[C@@H](O)[C@H](O)[C@H]5O)cc(O)cc4[OH+]C3c3ccc(O)c(O)c3)[C@H](O)[C@@H](O)[C@@H]2O)ccc1O. The molecule has 0 spiro atoms. The second-order valence-corrected chi connectivity index (χ2v) is 13.0. The number of esters is 1. The van der Waals surface area contributed by atoms with Gasteiger partial charge in [-0.1, -0.05) is 6.07 Å². The third-order valence-corrected chi connectivity index (χ3v) is 9.26. The molecule has 3 heterocycles. The molecular formula is C37H41O19+. The van der Waals surface area contributed by atoms with E-state index in [1.165, 1.54) is 61.7 Å². The van der Waals surface area contributed by atoms with Gasteiger partial charge in [0.2, 0.25) is 12.6 Å². The molecule has 3 aliphatic heterocycles. The Balaban J connectivity index is 1.27. The summed E-state index contributed by atoms with van der Waals surface area (Å²) in [5.74, 6) is -2.48. The van der Waals surface area contributed by atoms with E-state index in [4.69, 9.17) is 28.4 Å². The number of carbonyl (C=O) groups is 1. The van der Waals surface area contributed by atoms with E-state index in [1.807, 2.05) is 0 Å². The minimum Gasteiger partial charge on any atom is -0.571 e. The van der Waals surface area contributed by atoms with Crippen molar-refractivity contribution in [1.29, 1.82) is 0 Å². The summed E-state index contributed by atoms with van der Waals surface area (Å²) < 4.78 is 38.1. The Bertz CT molecular complexity index is 1950. The summed E-state index contributed by atoms with van der Waals surface area (Å²) in [4.78, 5) is 12.6. The van der Waals surface area contributed by atoms with Gasteiger partial charge in [0.1, 0.15) is 72.5 Å². The molecule has 3 aromatic carbocycles.